The molecule has 0 spiro atoms. The lowest BCUT2D eigenvalue weighted by Gasteiger charge is -2.01. The fraction of sp³-hybridized carbons (Fsp3) is 0.333. The SMILES string of the molecule is Cc1cnc2cc(C3CC3)c(=O)[nH]c2c1. The van der Waals surface area contributed by atoms with Gasteiger partial charge in [-0.1, -0.05) is 0 Å². The van der Waals surface area contributed by atoms with Gasteiger partial charge in [-0.3, -0.25) is 9.78 Å². The molecule has 1 saturated carbocycles. The molecule has 3 heteroatoms. The van der Waals surface area contributed by atoms with Gasteiger partial charge in [-0.25, -0.2) is 0 Å². The molecule has 0 amide bonds. The topological polar surface area (TPSA) is 45.8 Å². The Morgan fingerprint density at radius 3 is 2.93 bits per heavy atom. The minimum Gasteiger partial charge on any atom is -0.320 e. The Kier molecular flexibility index (Phi) is 1.69. The van der Waals surface area contributed by atoms with Crippen molar-refractivity contribution in [3.05, 3.63) is 39.8 Å². The molecule has 0 unspecified atom stereocenters. The van der Waals surface area contributed by atoms with Crippen molar-refractivity contribution in [2.75, 3.05) is 0 Å². The quantitative estimate of drug-likeness (QED) is 0.766. The van der Waals surface area contributed by atoms with Crippen LogP contribution >= 0.6 is 0 Å². The van der Waals surface area contributed by atoms with Gasteiger partial charge in [0.1, 0.15) is 0 Å². The van der Waals surface area contributed by atoms with Gasteiger partial charge >= 0.3 is 0 Å². The highest BCUT2D eigenvalue weighted by Gasteiger charge is 2.26. The molecule has 0 aromatic carbocycles. The maximum atomic E-state index is 11.7. The lowest BCUT2D eigenvalue weighted by Crippen LogP contribution is -2.11. The van der Waals surface area contributed by atoms with Gasteiger partial charge in [0.05, 0.1) is 11.0 Å². The third-order valence-electron chi connectivity index (χ3n) is 2.88. The van der Waals surface area contributed by atoms with Crippen molar-refractivity contribution < 1.29 is 0 Å². The van der Waals surface area contributed by atoms with Gasteiger partial charge in [-0.2, -0.15) is 0 Å². The molecule has 15 heavy (non-hydrogen) atoms. The van der Waals surface area contributed by atoms with Gasteiger partial charge in [0, 0.05) is 11.8 Å². The van der Waals surface area contributed by atoms with Gasteiger partial charge in [0.2, 0.25) is 0 Å². The summed E-state index contributed by atoms with van der Waals surface area (Å²) in [6.07, 6.45) is 4.11. The normalized spacial score (nSPS) is 15.8. The van der Waals surface area contributed by atoms with Crippen molar-refractivity contribution in [1.29, 1.82) is 0 Å². The van der Waals surface area contributed by atoms with Crippen LogP contribution in [0.5, 0.6) is 0 Å². The zero-order valence-corrected chi connectivity index (χ0v) is 8.58. The van der Waals surface area contributed by atoms with E-state index in [0.29, 0.717) is 5.92 Å². The lowest BCUT2D eigenvalue weighted by molar-refractivity contribution is 1.06. The van der Waals surface area contributed by atoms with Crippen molar-refractivity contribution in [2.45, 2.75) is 25.7 Å². The van der Waals surface area contributed by atoms with E-state index in [4.69, 9.17) is 0 Å². The lowest BCUT2D eigenvalue weighted by atomic mass is 10.1. The smallest absolute Gasteiger partial charge is 0.252 e. The van der Waals surface area contributed by atoms with Crippen LogP contribution in [-0.4, -0.2) is 9.97 Å². The first-order valence-corrected chi connectivity index (χ1v) is 5.23. The molecule has 0 radical (unpaired) electrons. The second kappa shape index (κ2) is 2.92. The summed E-state index contributed by atoms with van der Waals surface area (Å²) in [6, 6.07) is 3.89. The van der Waals surface area contributed by atoms with Crippen LogP contribution in [0.3, 0.4) is 0 Å². The van der Waals surface area contributed by atoms with Crippen molar-refractivity contribution in [1.82, 2.24) is 9.97 Å². The fourth-order valence-electron chi connectivity index (χ4n) is 1.90. The molecule has 3 nitrogen and oxygen atoms in total. The van der Waals surface area contributed by atoms with E-state index >= 15 is 0 Å². The number of hydrogen-bond acceptors (Lipinski definition) is 2. The number of hydrogen-bond donors (Lipinski definition) is 1. The third kappa shape index (κ3) is 1.44. The van der Waals surface area contributed by atoms with Crippen LogP contribution in [0.1, 0.15) is 29.9 Å². The molecular weight excluding hydrogens is 188 g/mol. The van der Waals surface area contributed by atoms with Crippen LogP contribution in [0.4, 0.5) is 0 Å². The van der Waals surface area contributed by atoms with Gasteiger partial charge in [0.25, 0.3) is 5.56 Å². The van der Waals surface area contributed by atoms with Crippen molar-refractivity contribution in [2.24, 2.45) is 0 Å². The van der Waals surface area contributed by atoms with E-state index in [0.717, 1.165) is 35.0 Å². The maximum Gasteiger partial charge on any atom is 0.252 e. The zero-order valence-electron chi connectivity index (χ0n) is 8.58. The molecule has 1 aliphatic carbocycles. The summed E-state index contributed by atoms with van der Waals surface area (Å²) < 4.78 is 0. The average molecular weight is 200 g/mol. The molecule has 1 N–H and O–H groups in total. The second-order valence-electron chi connectivity index (χ2n) is 4.27. The van der Waals surface area contributed by atoms with Gasteiger partial charge < -0.3 is 4.98 Å². The van der Waals surface area contributed by atoms with Crippen molar-refractivity contribution in [3.8, 4) is 0 Å². The molecule has 2 heterocycles. The first kappa shape index (κ1) is 8.65. The molecule has 0 saturated heterocycles. The van der Waals surface area contributed by atoms with E-state index in [1.165, 1.54) is 0 Å². The van der Waals surface area contributed by atoms with Gasteiger partial charge in [-0.05, 0) is 43.4 Å². The molecule has 2 aromatic rings. The number of nitrogens with one attached hydrogen (secondary N) is 1. The van der Waals surface area contributed by atoms with Crippen LogP contribution in [-0.2, 0) is 0 Å². The number of H-pyrrole nitrogens is 1. The van der Waals surface area contributed by atoms with E-state index in [1.807, 2.05) is 25.3 Å². The summed E-state index contributed by atoms with van der Waals surface area (Å²) >= 11 is 0. The highest BCUT2D eigenvalue weighted by atomic mass is 16.1. The monoisotopic (exact) mass is 200 g/mol. The van der Waals surface area contributed by atoms with Gasteiger partial charge in [0.15, 0.2) is 0 Å². The molecule has 3 rings (SSSR count). The zero-order chi connectivity index (χ0) is 10.4. The second-order valence-corrected chi connectivity index (χ2v) is 4.27. The standard InChI is InChI=1S/C12H12N2O/c1-7-4-11-10(13-6-7)5-9(8-2-3-8)12(15)14-11/h4-6,8H,2-3H2,1H3,(H,14,15). The van der Waals surface area contributed by atoms with Crippen LogP contribution < -0.4 is 5.56 Å². The highest BCUT2D eigenvalue weighted by molar-refractivity contribution is 5.75. The predicted molar refractivity (Wildman–Crippen MR) is 59.1 cm³/mol. The summed E-state index contributed by atoms with van der Waals surface area (Å²) in [5, 5.41) is 0. The van der Waals surface area contributed by atoms with E-state index in [9.17, 15) is 4.79 Å². The minimum atomic E-state index is 0.0531. The largest absolute Gasteiger partial charge is 0.320 e. The molecule has 1 fully saturated rings. The van der Waals surface area contributed by atoms with Crippen LogP contribution in [0.25, 0.3) is 11.0 Å². The summed E-state index contributed by atoms with van der Waals surface area (Å²) in [7, 11) is 0. The molecule has 76 valence electrons. The molecule has 1 aliphatic rings. The molecular formula is C12H12N2O. The number of aryl methyl sites for hydroxylation is 1. The van der Waals surface area contributed by atoms with Crippen LogP contribution in [0.15, 0.2) is 23.1 Å². The number of pyridine rings is 2. The molecule has 2 aromatic heterocycles. The summed E-state index contributed by atoms with van der Waals surface area (Å²) in [4.78, 5) is 19.0. The van der Waals surface area contributed by atoms with Crippen LogP contribution in [0, 0.1) is 6.92 Å². The third-order valence-corrected chi connectivity index (χ3v) is 2.88. The van der Waals surface area contributed by atoms with Crippen LogP contribution in [0.2, 0.25) is 0 Å². The first-order valence-electron chi connectivity index (χ1n) is 5.23. The number of aromatic nitrogens is 2. The van der Waals surface area contributed by atoms with E-state index in [1.54, 1.807) is 0 Å². The summed E-state index contributed by atoms with van der Waals surface area (Å²) in [5.41, 5.74) is 3.75. The Hall–Kier alpha value is -1.64. The Morgan fingerprint density at radius 2 is 2.20 bits per heavy atom. The van der Waals surface area contributed by atoms with E-state index in [-0.39, 0.29) is 5.56 Å². The summed E-state index contributed by atoms with van der Waals surface area (Å²) in [6.45, 7) is 1.97. The number of nitrogens with zero attached hydrogens (tertiary/aromatic N) is 1. The number of aromatic amines is 1. The Bertz CT molecular complexity index is 582. The van der Waals surface area contributed by atoms with Gasteiger partial charge in [-0.15, -0.1) is 0 Å². The predicted octanol–water partition coefficient (Wildman–Crippen LogP) is 2.11. The highest BCUT2D eigenvalue weighted by Crippen LogP contribution is 2.38. The molecule has 0 bridgehead atoms. The van der Waals surface area contributed by atoms with E-state index < -0.39 is 0 Å². The first-order chi connectivity index (χ1) is 7.24. The number of fused-ring (bicyclic) bond motifs is 1. The fourth-order valence-corrected chi connectivity index (χ4v) is 1.90. The Labute approximate surface area is 87.2 Å². The average Bonchev–Trinajstić information content (AvgIpc) is 3.00. The van der Waals surface area contributed by atoms with E-state index in [2.05, 4.69) is 9.97 Å². The molecule has 0 atom stereocenters. The summed E-state index contributed by atoms with van der Waals surface area (Å²) in [5.74, 6) is 0.473. The molecule has 0 aliphatic heterocycles. The number of rotatable bonds is 1. The van der Waals surface area contributed by atoms with Crippen molar-refractivity contribution in [3.63, 3.8) is 0 Å². The minimum absolute atomic E-state index is 0.0531. The Morgan fingerprint density at radius 1 is 1.40 bits per heavy atom. The Balaban J connectivity index is 2.29. The maximum absolute atomic E-state index is 11.7. The van der Waals surface area contributed by atoms with Crippen molar-refractivity contribution >= 4 is 11.0 Å².